The zero-order chi connectivity index (χ0) is 11.8. The van der Waals surface area contributed by atoms with Crippen molar-refractivity contribution in [3.8, 4) is 0 Å². The fourth-order valence-corrected chi connectivity index (χ4v) is 1.62. The van der Waals surface area contributed by atoms with E-state index in [9.17, 15) is 4.79 Å². The van der Waals surface area contributed by atoms with E-state index >= 15 is 0 Å². The smallest absolute Gasteiger partial charge is 0.361 e. The summed E-state index contributed by atoms with van der Waals surface area (Å²) in [5.41, 5.74) is 0.628. The maximum atomic E-state index is 11.8. The molecule has 5 nitrogen and oxygen atoms in total. The lowest BCUT2D eigenvalue weighted by molar-refractivity contribution is 0.00577. The summed E-state index contributed by atoms with van der Waals surface area (Å²) in [5, 5.41) is 6.97. The van der Waals surface area contributed by atoms with Crippen molar-refractivity contribution in [3.63, 3.8) is 0 Å². The molecule has 2 heterocycles. The molecule has 0 aliphatic carbocycles. The predicted molar refractivity (Wildman–Crippen MR) is 57.1 cm³/mol. The number of hydrogen-bond acceptors (Lipinski definition) is 5. The van der Waals surface area contributed by atoms with Crippen LogP contribution in [0.25, 0.3) is 0 Å². The molecule has 88 valence electrons. The third-order valence-corrected chi connectivity index (χ3v) is 2.29. The van der Waals surface area contributed by atoms with E-state index in [0.717, 1.165) is 24.3 Å². The monoisotopic (exact) mass is 224 g/mol. The molecule has 0 saturated carbocycles. The highest BCUT2D eigenvalue weighted by Crippen LogP contribution is 2.20. The number of esters is 1. The molecule has 0 aromatic carbocycles. The van der Waals surface area contributed by atoms with Gasteiger partial charge in [0.25, 0.3) is 0 Å². The van der Waals surface area contributed by atoms with Crippen molar-refractivity contribution in [1.29, 1.82) is 0 Å². The van der Waals surface area contributed by atoms with E-state index in [4.69, 9.17) is 9.26 Å². The number of rotatable bonds is 1. The Morgan fingerprint density at radius 2 is 2.25 bits per heavy atom. The maximum Gasteiger partial charge on any atom is 0.361 e. The second-order valence-corrected chi connectivity index (χ2v) is 4.86. The Labute approximate surface area is 94.1 Å². The molecule has 0 fully saturated rings. The average Bonchev–Trinajstić information content (AvgIpc) is 2.58. The zero-order valence-corrected chi connectivity index (χ0v) is 9.79. The predicted octanol–water partition coefficient (Wildman–Crippen LogP) is 1.28. The van der Waals surface area contributed by atoms with Crippen molar-refractivity contribution < 1.29 is 14.1 Å². The molecule has 5 heteroatoms. The van der Waals surface area contributed by atoms with Crippen LogP contribution in [0.2, 0.25) is 0 Å². The minimum absolute atomic E-state index is 0.303. The van der Waals surface area contributed by atoms with Gasteiger partial charge in [-0.05, 0) is 20.8 Å². The van der Waals surface area contributed by atoms with Crippen LogP contribution < -0.4 is 5.32 Å². The van der Waals surface area contributed by atoms with E-state index < -0.39 is 11.6 Å². The van der Waals surface area contributed by atoms with Gasteiger partial charge in [0, 0.05) is 25.1 Å². The highest BCUT2D eigenvalue weighted by atomic mass is 16.6. The Morgan fingerprint density at radius 3 is 2.94 bits per heavy atom. The Kier molecular flexibility index (Phi) is 2.71. The summed E-state index contributed by atoms with van der Waals surface area (Å²) < 4.78 is 10.4. The molecule has 1 aliphatic heterocycles. The Morgan fingerprint density at radius 1 is 1.50 bits per heavy atom. The van der Waals surface area contributed by atoms with E-state index in [0.29, 0.717) is 12.2 Å². The Hall–Kier alpha value is -1.36. The van der Waals surface area contributed by atoms with Gasteiger partial charge in [0.1, 0.15) is 11.4 Å². The van der Waals surface area contributed by atoms with E-state index in [-0.39, 0.29) is 0 Å². The summed E-state index contributed by atoms with van der Waals surface area (Å²) >= 11 is 0. The van der Waals surface area contributed by atoms with Crippen LogP contribution in [0.1, 0.15) is 42.6 Å². The Bertz CT molecular complexity index is 404. The highest BCUT2D eigenvalue weighted by molar-refractivity contribution is 5.89. The highest BCUT2D eigenvalue weighted by Gasteiger charge is 2.27. The van der Waals surface area contributed by atoms with Gasteiger partial charge >= 0.3 is 5.97 Å². The van der Waals surface area contributed by atoms with Gasteiger partial charge in [-0.1, -0.05) is 5.16 Å². The van der Waals surface area contributed by atoms with Crippen molar-refractivity contribution in [2.24, 2.45) is 0 Å². The number of ether oxygens (including phenoxy) is 1. The number of carbonyl (C=O) groups is 1. The van der Waals surface area contributed by atoms with E-state index in [1.54, 1.807) is 0 Å². The molecular formula is C11H16N2O3. The first-order valence-electron chi connectivity index (χ1n) is 5.39. The van der Waals surface area contributed by atoms with Gasteiger partial charge in [-0.3, -0.25) is 0 Å². The molecule has 0 bridgehead atoms. The first-order chi connectivity index (χ1) is 7.47. The molecular weight excluding hydrogens is 208 g/mol. The van der Waals surface area contributed by atoms with Crippen LogP contribution in [0.15, 0.2) is 4.52 Å². The summed E-state index contributed by atoms with van der Waals surface area (Å²) in [4.78, 5) is 11.8. The first kappa shape index (κ1) is 11.1. The second kappa shape index (κ2) is 3.90. The molecule has 0 atom stereocenters. The number of nitrogens with one attached hydrogen (secondary N) is 1. The van der Waals surface area contributed by atoms with Crippen LogP contribution in [0, 0.1) is 0 Å². The van der Waals surface area contributed by atoms with Gasteiger partial charge in [-0.15, -0.1) is 0 Å². The number of hydrogen-bond donors (Lipinski definition) is 1. The van der Waals surface area contributed by atoms with Gasteiger partial charge in [-0.2, -0.15) is 0 Å². The third kappa shape index (κ3) is 2.24. The largest absolute Gasteiger partial charge is 0.455 e. The topological polar surface area (TPSA) is 64.4 Å². The van der Waals surface area contributed by atoms with Crippen LogP contribution >= 0.6 is 0 Å². The van der Waals surface area contributed by atoms with E-state index in [1.165, 1.54) is 0 Å². The van der Waals surface area contributed by atoms with Crippen LogP contribution in [0.5, 0.6) is 0 Å². The molecule has 16 heavy (non-hydrogen) atoms. The van der Waals surface area contributed by atoms with Crippen LogP contribution in [0.3, 0.4) is 0 Å². The summed E-state index contributed by atoms with van der Waals surface area (Å²) in [6.45, 7) is 6.96. The molecule has 0 unspecified atom stereocenters. The number of nitrogens with zero attached hydrogens (tertiary/aromatic N) is 1. The third-order valence-electron chi connectivity index (χ3n) is 2.29. The average molecular weight is 224 g/mol. The number of carbonyl (C=O) groups excluding carboxylic acids is 1. The number of fused-ring (bicyclic) bond motifs is 1. The normalized spacial score (nSPS) is 15.7. The van der Waals surface area contributed by atoms with Crippen LogP contribution in [-0.4, -0.2) is 23.3 Å². The van der Waals surface area contributed by atoms with Crippen molar-refractivity contribution in [1.82, 2.24) is 10.5 Å². The molecule has 0 amide bonds. The van der Waals surface area contributed by atoms with Crippen molar-refractivity contribution in [2.45, 2.75) is 39.3 Å². The molecule has 0 saturated heterocycles. The minimum atomic E-state index is -0.509. The summed E-state index contributed by atoms with van der Waals surface area (Å²) in [6.07, 6.45) is 0.769. The SMILES string of the molecule is CC(C)(C)OC(=O)c1noc2c1CNCC2. The van der Waals surface area contributed by atoms with Crippen molar-refractivity contribution in [2.75, 3.05) is 6.54 Å². The fraction of sp³-hybridized carbons (Fsp3) is 0.636. The van der Waals surface area contributed by atoms with Gasteiger partial charge in [-0.25, -0.2) is 4.79 Å². The summed E-state index contributed by atoms with van der Waals surface area (Å²) in [5.74, 6) is 0.376. The quantitative estimate of drug-likeness (QED) is 0.728. The summed E-state index contributed by atoms with van der Waals surface area (Å²) in [7, 11) is 0. The molecule has 2 rings (SSSR count). The van der Waals surface area contributed by atoms with Gasteiger partial charge in [0.05, 0.1) is 0 Å². The van der Waals surface area contributed by atoms with Gasteiger partial charge in [0.15, 0.2) is 5.69 Å². The fourth-order valence-electron chi connectivity index (χ4n) is 1.62. The van der Waals surface area contributed by atoms with Crippen LogP contribution in [-0.2, 0) is 17.7 Å². The molecule has 0 spiro atoms. The van der Waals surface area contributed by atoms with Crippen LogP contribution in [0.4, 0.5) is 0 Å². The lowest BCUT2D eigenvalue weighted by Gasteiger charge is -2.19. The molecule has 1 aromatic heterocycles. The summed E-state index contributed by atoms with van der Waals surface area (Å²) in [6, 6.07) is 0. The molecule has 1 aliphatic rings. The van der Waals surface area contributed by atoms with E-state index in [2.05, 4.69) is 10.5 Å². The molecule has 0 radical (unpaired) electrons. The maximum absolute atomic E-state index is 11.8. The van der Waals surface area contributed by atoms with Gasteiger partial charge < -0.3 is 14.6 Å². The lowest BCUT2D eigenvalue weighted by Crippen LogP contribution is -2.27. The second-order valence-electron chi connectivity index (χ2n) is 4.86. The zero-order valence-electron chi connectivity index (χ0n) is 9.79. The molecule has 1 aromatic rings. The lowest BCUT2D eigenvalue weighted by atomic mass is 10.1. The number of aromatic nitrogens is 1. The standard InChI is InChI=1S/C11H16N2O3/c1-11(2,3)15-10(14)9-7-6-12-5-4-8(7)16-13-9/h12H,4-6H2,1-3H3. The van der Waals surface area contributed by atoms with Crippen molar-refractivity contribution in [3.05, 3.63) is 17.0 Å². The van der Waals surface area contributed by atoms with Crippen molar-refractivity contribution >= 4 is 5.97 Å². The molecule has 1 N–H and O–H groups in total. The first-order valence-corrected chi connectivity index (χ1v) is 5.39. The minimum Gasteiger partial charge on any atom is -0.455 e. The van der Waals surface area contributed by atoms with Gasteiger partial charge in [0.2, 0.25) is 0 Å². The van der Waals surface area contributed by atoms with E-state index in [1.807, 2.05) is 20.8 Å². The Balaban J connectivity index is 2.21.